The number of pyridine rings is 1. The molecule has 4 nitrogen and oxygen atoms in total. The van der Waals surface area contributed by atoms with E-state index in [1.165, 1.54) is 0 Å². The molecule has 1 aromatic carbocycles. The minimum absolute atomic E-state index is 0.474. The van der Waals surface area contributed by atoms with Crippen LogP contribution in [-0.4, -0.2) is 37.1 Å². The smallest absolute Gasteiger partial charge is 0.369 e. The first-order valence-electron chi connectivity index (χ1n) is 7.96. The number of anilines is 1. The first kappa shape index (κ1) is 15.7. The van der Waals surface area contributed by atoms with Gasteiger partial charge in [-0.3, -0.25) is 4.98 Å². The molecule has 2 saturated heterocycles. The van der Waals surface area contributed by atoms with E-state index in [4.69, 9.17) is 9.47 Å². The van der Waals surface area contributed by atoms with E-state index in [-0.39, 0.29) is 0 Å². The zero-order valence-corrected chi connectivity index (χ0v) is 13.0. The number of piperidine rings is 1. The molecular formula is C17H17F3N2O2. The summed E-state index contributed by atoms with van der Waals surface area (Å²) >= 11 is 0. The lowest BCUT2D eigenvalue weighted by Crippen LogP contribution is -2.45. The number of benzene rings is 1. The van der Waals surface area contributed by atoms with Crippen LogP contribution in [0.3, 0.4) is 0 Å². The quantitative estimate of drug-likeness (QED) is 0.796. The van der Waals surface area contributed by atoms with E-state index in [1.54, 1.807) is 12.1 Å². The number of nitrogens with zero attached hydrogens (tertiary/aromatic N) is 2. The topological polar surface area (TPSA) is 34.6 Å². The summed E-state index contributed by atoms with van der Waals surface area (Å²) in [4.78, 5) is 6.23. The van der Waals surface area contributed by atoms with Crippen molar-refractivity contribution < 1.29 is 22.6 Å². The molecule has 4 rings (SSSR count). The Labute approximate surface area is 137 Å². The van der Waals surface area contributed by atoms with Gasteiger partial charge in [0.05, 0.1) is 30.0 Å². The molecule has 0 bridgehead atoms. The van der Waals surface area contributed by atoms with Crippen LogP contribution in [0.2, 0.25) is 0 Å². The van der Waals surface area contributed by atoms with E-state index in [0.717, 1.165) is 43.9 Å². The molecule has 128 valence electrons. The number of para-hydroxylation sites is 1. The van der Waals surface area contributed by atoms with Gasteiger partial charge < -0.3 is 14.4 Å². The number of hydrogen-bond donors (Lipinski definition) is 0. The van der Waals surface area contributed by atoms with Gasteiger partial charge >= 0.3 is 6.18 Å². The van der Waals surface area contributed by atoms with Crippen molar-refractivity contribution in [3.05, 3.63) is 36.0 Å². The Morgan fingerprint density at radius 3 is 2.46 bits per heavy atom. The zero-order valence-electron chi connectivity index (χ0n) is 13.0. The maximum atomic E-state index is 12.9. The summed E-state index contributed by atoms with van der Waals surface area (Å²) in [6.45, 7) is 2.69. The fraction of sp³-hybridized carbons (Fsp3) is 0.471. The molecule has 0 radical (unpaired) electrons. The predicted molar refractivity (Wildman–Crippen MR) is 82.8 cm³/mol. The third kappa shape index (κ3) is 2.71. The fourth-order valence-electron chi connectivity index (χ4n) is 3.43. The van der Waals surface area contributed by atoms with E-state index in [2.05, 4.69) is 9.88 Å². The van der Waals surface area contributed by atoms with Crippen LogP contribution in [0.1, 0.15) is 18.4 Å². The molecule has 0 aliphatic carbocycles. The summed E-state index contributed by atoms with van der Waals surface area (Å²) in [7, 11) is 0. The molecule has 24 heavy (non-hydrogen) atoms. The van der Waals surface area contributed by atoms with Crippen molar-refractivity contribution in [1.29, 1.82) is 0 Å². The van der Waals surface area contributed by atoms with Crippen molar-refractivity contribution >= 4 is 16.6 Å². The van der Waals surface area contributed by atoms with E-state index in [0.29, 0.717) is 24.1 Å². The standard InChI is InChI=1S/C17H17F3N2O2/c18-17(19,20)13-10-12-2-1-3-14(15(12)21-11-13)22-6-4-16(5-7-22)23-8-9-24-16/h1-3,10-11H,4-9H2. The van der Waals surface area contributed by atoms with Gasteiger partial charge in [0.1, 0.15) is 0 Å². The molecule has 0 unspecified atom stereocenters. The van der Waals surface area contributed by atoms with E-state index < -0.39 is 17.5 Å². The third-order valence-electron chi connectivity index (χ3n) is 4.70. The molecule has 7 heteroatoms. The van der Waals surface area contributed by atoms with Gasteiger partial charge in [0.15, 0.2) is 5.79 Å². The average molecular weight is 338 g/mol. The SMILES string of the molecule is FC(F)(F)c1cnc2c(N3CCC4(CC3)OCCO4)cccc2c1. The summed E-state index contributed by atoms with van der Waals surface area (Å²) < 4.78 is 50.0. The van der Waals surface area contributed by atoms with Crippen LogP contribution in [0.25, 0.3) is 10.9 Å². The largest absolute Gasteiger partial charge is 0.417 e. The first-order chi connectivity index (χ1) is 11.5. The molecule has 2 aliphatic heterocycles. The number of hydrogen-bond acceptors (Lipinski definition) is 4. The Balaban J connectivity index is 1.63. The zero-order chi connectivity index (χ0) is 16.8. The van der Waals surface area contributed by atoms with Gasteiger partial charge in [0.25, 0.3) is 0 Å². The van der Waals surface area contributed by atoms with Crippen molar-refractivity contribution in [3.8, 4) is 0 Å². The second-order valence-corrected chi connectivity index (χ2v) is 6.17. The summed E-state index contributed by atoms with van der Waals surface area (Å²) in [5.74, 6) is -0.474. The lowest BCUT2D eigenvalue weighted by molar-refractivity contribution is -0.169. The molecule has 0 atom stereocenters. The number of ether oxygens (including phenoxy) is 2. The van der Waals surface area contributed by atoms with Crippen LogP contribution in [0.5, 0.6) is 0 Å². The van der Waals surface area contributed by atoms with Crippen LogP contribution in [-0.2, 0) is 15.7 Å². The molecule has 3 heterocycles. The van der Waals surface area contributed by atoms with Gasteiger partial charge in [0.2, 0.25) is 0 Å². The van der Waals surface area contributed by atoms with Gasteiger partial charge in [-0.1, -0.05) is 12.1 Å². The van der Waals surface area contributed by atoms with Crippen molar-refractivity contribution in [1.82, 2.24) is 4.98 Å². The van der Waals surface area contributed by atoms with Crippen molar-refractivity contribution in [2.45, 2.75) is 24.8 Å². The van der Waals surface area contributed by atoms with Crippen molar-refractivity contribution in [2.75, 3.05) is 31.2 Å². The van der Waals surface area contributed by atoms with Crippen molar-refractivity contribution in [3.63, 3.8) is 0 Å². The van der Waals surface area contributed by atoms with Crippen LogP contribution < -0.4 is 4.90 Å². The summed E-state index contributed by atoms with van der Waals surface area (Å²) in [5, 5.41) is 0.496. The molecule has 2 fully saturated rings. The highest BCUT2D eigenvalue weighted by Gasteiger charge is 2.40. The minimum atomic E-state index is -4.38. The molecule has 1 aromatic heterocycles. The average Bonchev–Trinajstić information content (AvgIpc) is 3.02. The van der Waals surface area contributed by atoms with Gasteiger partial charge in [-0.2, -0.15) is 13.2 Å². The van der Waals surface area contributed by atoms with Crippen LogP contribution >= 0.6 is 0 Å². The normalized spacial score (nSPS) is 20.9. The van der Waals surface area contributed by atoms with Gasteiger partial charge in [-0.05, 0) is 12.1 Å². The van der Waals surface area contributed by atoms with Gasteiger partial charge in [0, 0.05) is 37.5 Å². The number of fused-ring (bicyclic) bond motifs is 1. The molecular weight excluding hydrogens is 321 g/mol. The fourth-order valence-corrected chi connectivity index (χ4v) is 3.43. The number of rotatable bonds is 1. The van der Waals surface area contributed by atoms with Gasteiger partial charge in [-0.25, -0.2) is 0 Å². The molecule has 1 spiro atoms. The highest BCUT2D eigenvalue weighted by atomic mass is 19.4. The summed E-state index contributed by atoms with van der Waals surface area (Å²) in [5.41, 5.74) is 0.723. The molecule has 2 aliphatic rings. The maximum absolute atomic E-state index is 12.9. The second-order valence-electron chi connectivity index (χ2n) is 6.17. The predicted octanol–water partition coefficient (Wildman–Crippen LogP) is 3.60. The molecule has 2 aromatic rings. The van der Waals surface area contributed by atoms with E-state index >= 15 is 0 Å². The van der Waals surface area contributed by atoms with Crippen LogP contribution in [0.4, 0.5) is 18.9 Å². The van der Waals surface area contributed by atoms with Crippen LogP contribution in [0.15, 0.2) is 30.5 Å². The summed E-state index contributed by atoms with van der Waals surface area (Å²) in [6.07, 6.45) is -2.00. The highest BCUT2D eigenvalue weighted by Crippen LogP contribution is 2.36. The highest BCUT2D eigenvalue weighted by molar-refractivity contribution is 5.91. The Hall–Kier alpha value is -1.86. The molecule has 0 saturated carbocycles. The lowest BCUT2D eigenvalue weighted by atomic mass is 10.0. The first-order valence-corrected chi connectivity index (χ1v) is 7.96. The monoisotopic (exact) mass is 338 g/mol. The van der Waals surface area contributed by atoms with Crippen molar-refractivity contribution in [2.24, 2.45) is 0 Å². The molecule has 0 N–H and O–H groups in total. The van der Waals surface area contributed by atoms with E-state index in [1.807, 2.05) is 6.07 Å². The molecule has 0 amide bonds. The van der Waals surface area contributed by atoms with Gasteiger partial charge in [-0.15, -0.1) is 0 Å². The Morgan fingerprint density at radius 1 is 1.08 bits per heavy atom. The van der Waals surface area contributed by atoms with E-state index in [9.17, 15) is 13.2 Å². The Kier molecular flexibility index (Phi) is 3.65. The maximum Gasteiger partial charge on any atom is 0.417 e. The van der Waals surface area contributed by atoms with Crippen LogP contribution in [0, 0.1) is 0 Å². The third-order valence-corrected chi connectivity index (χ3v) is 4.70. The number of halogens is 3. The second kappa shape index (κ2) is 5.60. The lowest BCUT2D eigenvalue weighted by Gasteiger charge is -2.38. The number of alkyl halides is 3. The Morgan fingerprint density at radius 2 is 1.79 bits per heavy atom. The minimum Gasteiger partial charge on any atom is -0.369 e. The number of aromatic nitrogens is 1. The summed E-state index contributed by atoms with van der Waals surface area (Å²) in [6, 6.07) is 6.49. The Bertz CT molecular complexity index is 747.